The highest BCUT2D eigenvalue weighted by molar-refractivity contribution is 7.99. The Bertz CT molecular complexity index is 565. The maximum atomic E-state index is 13.3. The highest BCUT2D eigenvalue weighted by Gasteiger charge is 2.28. The number of hydrogen-bond acceptors (Lipinski definition) is 3. The van der Waals surface area contributed by atoms with Crippen LogP contribution >= 0.6 is 11.8 Å². The number of carbonyl (C=O) groups is 2. The van der Waals surface area contributed by atoms with E-state index in [0.29, 0.717) is 18.7 Å². The van der Waals surface area contributed by atoms with Crippen LogP contribution in [-0.2, 0) is 0 Å². The number of hydrogen-bond donors (Lipinski definition) is 1. The summed E-state index contributed by atoms with van der Waals surface area (Å²) in [5.41, 5.74) is -0.825. The zero-order valence-corrected chi connectivity index (χ0v) is 11.5. The third-order valence-corrected chi connectivity index (χ3v) is 4.34. The van der Waals surface area contributed by atoms with E-state index in [0.717, 1.165) is 11.5 Å². The van der Waals surface area contributed by atoms with Gasteiger partial charge < -0.3 is 10.0 Å². The Labute approximate surface area is 118 Å². The van der Waals surface area contributed by atoms with Gasteiger partial charge in [0.2, 0.25) is 0 Å². The van der Waals surface area contributed by atoms with Gasteiger partial charge in [-0.05, 0) is 19.1 Å². The van der Waals surface area contributed by atoms with Crippen molar-refractivity contribution in [3.63, 3.8) is 0 Å². The predicted octanol–water partition coefficient (Wildman–Crippen LogP) is 2.24. The van der Waals surface area contributed by atoms with Crippen LogP contribution in [0.3, 0.4) is 0 Å². The van der Waals surface area contributed by atoms with E-state index in [4.69, 9.17) is 5.11 Å². The molecule has 0 spiro atoms. The maximum Gasteiger partial charge on any atom is 0.336 e. The van der Waals surface area contributed by atoms with Gasteiger partial charge in [0.1, 0.15) is 0 Å². The summed E-state index contributed by atoms with van der Waals surface area (Å²) in [5, 5.41) is 9.03. The molecule has 4 nitrogen and oxygen atoms in total. The molecule has 2 rings (SSSR count). The molecule has 0 saturated carbocycles. The zero-order chi connectivity index (χ0) is 14.9. The molecule has 1 aliphatic heterocycles. The topological polar surface area (TPSA) is 57.6 Å². The number of carboxylic acids is 1. The van der Waals surface area contributed by atoms with E-state index in [1.165, 1.54) is 4.90 Å². The molecular weight excluding hydrogens is 288 g/mol. The average molecular weight is 301 g/mol. The summed E-state index contributed by atoms with van der Waals surface area (Å²) in [4.78, 5) is 24.9. The molecule has 0 bridgehead atoms. The Balaban J connectivity index is 2.42. The SMILES string of the molecule is CC1CSCCN1C(=O)c1cc(F)c(F)cc1C(=O)O. The first-order valence-electron chi connectivity index (χ1n) is 6.03. The van der Waals surface area contributed by atoms with Crippen LogP contribution in [0.4, 0.5) is 8.78 Å². The summed E-state index contributed by atoms with van der Waals surface area (Å²) in [5.74, 6) is -3.06. The Kier molecular flexibility index (Phi) is 4.27. The highest BCUT2D eigenvalue weighted by atomic mass is 32.2. The molecule has 1 aromatic carbocycles. The Hall–Kier alpha value is -1.63. The molecule has 7 heteroatoms. The summed E-state index contributed by atoms with van der Waals surface area (Å²) in [6, 6.07) is 1.14. The van der Waals surface area contributed by atoms with Crippen LogP contribution in [0.25, 0.3) is 0 Å². The fourth-order valence-corrected chi connectivity index (χ4v) is 3.10. The monoisotopic (exact) mass is 301 g/mol. The number of halogens is 2. The maximum absolute atomic E-state index is 13.3. The second-order valence-corrected chi connectivity index (χ2v) is 5.69. The van der Waals surface area contributed by atoms with Crippen LogP contribution in [0.1, 0.15) is 27.6 Å². The van der Waals surface area contributed by atoms with Gasteiger partial charge in [0.15, 0.2) is 11.6 Å². The third kappa shape index (κ3) is 2.77. The fraction of sp³-hybridized carbons (Fsp3) is 0.385. The van der Waals surface area contributed by atoms with Crippen molar-refractivity contribution in [2.24, 2.45) is 0 Å². The molecule has 1 N–H and O–H groups in total. The zero-order valence-electron chi connectivity index (χ0n) is 10.7. The van der Waals surface area contributed by atoms with Crippen molar-refractivity contribution in [1.29, 1.82) is 0 Å². The number of carbonyl (C=O) groups excluding carboxylic acids is 1. The summed E-state index contributed by atoms with van der Waals surface area (Å²) >= 11 is 1.69. The largest absolute Gasteiger partial charge is 0.478 e. The molecule has 20 heavy (non-hydrogen) atoms. The van der Waals surface area contributed by atoms with Gasteiger partial charge in [-0.1, -0.05) is 0 Å². The van der Waals surface area contributed by atoms with Crippen LogP contribution in [0, 0.1) is 11.6 Å². The van der Waals surface area contributed by atoms with Crippen molar-refractivity contribution < 1.29 is 23.5 Å². The molecule has 1 fully saturated rings. The van der Waals surface area contributed by atoms with Crippen molar-refractivity contribution >= 4 is 23.6 Å². The molecule has 1 unspecified atom stereocenters. The average Bonchev–Trinajstić information content (AvgIpc) is 2.41. The van der Waals surface area contributed by atoms with Crippen LogP contribution in [-0.4, -0.2) is 46.0 Å². The van der Waals surface area contributed by atoms with Crippen molar-refractivity contribution in [1.82, 2.24) is 4.90 Å². The molecule has 1 aliphatic rings. The minimum absolute atomic E-state index is 0.0731. The molecule has 1 saturated heterocycles. The Morgan fingerprint density at radius 1 is 1.30 bits per heavy atom. The number of thioether (sulfide) groups is 1. The number of carboxylic acid groups (broad SMARTS) is 1. The van der Waals surface area contributed by atoms with Gasteiger partial charge in [0, 0.05) is 24.1 Å². The fourth-order valence-electron chi connectivity index (χ4n) is 2.08. The first kappa shape index (κ1) is 14.8. The van der Waals surface area contributed by atoms with E-state index in [9.17, 15) is 18.4 Å². The lowest BCUT2D eigenvalue weighted by Crippen LogP contribution is -2.45. The van der Waals surface area contributed by atoms with Crippen LogP contribution in [0.5, 0.6) is 0 Å². The van der Waals surface area contributed by atoms with E-state index in [-0.39, 0.29) is 11.6 Å². The molecule has 1 aromatic rings. The van der Waals surface area contributed by atoms with E-state index in [1.54, 1.807) is 11.8 Å². The van der Waals surface area contributed by atoms with Gasteiger partial charge >= 0.3 is 5.97 Å². The van der Waals surface area contributed by atoms with E-state index in [1.807, 2.05) is 6.92 Å². The minimum Gasteiger partial charge on any atom is -0.478 e. The lowest BCUT2D eigenvalue weighted by Gasteiger charge is -2.33. The van der Waals surface area contributed by atoms with Crippen LogP contribution in [0.15, 0.2) is 12.1 Å². The molecule has 1 atom stereocenters. The number of benzene rings is 1. The minimum atomic E-state index is -1.45. The van der Waals surface area contributed by atoms with Crippen molar-refractivity contribution in [2.45, 2.75) is 13.0 Å². The molecule has 108 valence electrons. The second-order valence-electron chi connectivity index (χ2n) is 4.54. The summed E-state index contributed by atoms with van der Waals surface area (Å²) in [6.45, 7) is 2.30. The van der Waals surface area contributed by atoms with E-state index < -0.39 is 29.1 Å². The molecular formula is C13H13F2NO3S. The lowest BCUT2D eigenvalue weighted by atomic mass is 10.0. The normalized spacial score (nSPS) is 18.9. The smallest absolute Gasteiger partial charge is 0.336 e. The summed E-state index contributed by atoms with van der Waals surface area (Å²) < 4.78 is 26.4. The Morgan fingerprint density at radius 2 is 1.90 bits per heavy atom. The number of rotatable bonds is 2. The number of aromatic carboxylic acids is 1. The Morgan fingerprint density at radius 3 is 2.45 bits per heavy atom. The molecule has 0 radical (unpaired) electrons. The standard InChI is InChI=1S/C13H13F2NO3S/c1-7-6-20-3-2-16(7)12(17)8-4-10(14)11(15)5-9(8)13(18)19/h4-5,7H,2-3,6H2,1H3,(H,18,19). The van der Waals surface area contributed by atoms with Gasteiger partial charge in [-0.2, -0.15) is 11.8 Å². The van der Waals surface area contributed by atoms with Gasteiger partial charge in [-0.3, -0.25) is 4.79 Å². The second kappa shape index (κ2) is 5.78. The van der Waals surface area contributed by atoms with E-state index in [2.05, 4.69) is 0 Å². The summed E-state index contributed by atoms with van der Waals surface area (Å²) in [7, 11) is 0. The van der Waals surface area contributed by atoms with Gasteiger partial charge in [0.05, 0.1) is 11.1 Å². The number of nitrogens with zero attached hydrogens (tertiary/aromatic N) is 1. The molecule has 0 aromatic heterocycles. The summed E-state index contributed by atoms with van der Waals surface area (Å²) in [6.07, 6.45) is 0. The first-order chi connectivity index (χ1) is 9.41. The number of amides is 1. The van der Waals surface area contributed by atoms with Crippen LogP contribution in [0.2, 0.25) is 0 Å². The lowest BCUT2D eigenvalue weighted by molar-refractivity contribution is 0.0661. The molecule has 0 aliphatic carbocycles. The first-order valence-corrected chi connectivity index (χ1v) is 7.18. The van der Waals surface area contributed by atoms with Crippen molar-refractivity contribution in [3.8, 4) is 0 Å². The van der Waals surface area contributed by atoms with Crippen LogP contribution < -0.4 is 0 Å². The molecule has 1 heterocycles. The predicted molar refractivity (Wildman–Crippen MR) is 71.1 cm³/mol. The van der Waals surface area contributed by atoms with Gasteiger partial charge in [0.25, 0.3) is 5.91 Å². The van der Waals surface area contributed by atoms with Gasteiger partial charge in [-0.25, -0.2) is 13.6 Å². The van der Waals surface area contributed by atoms with Crippen molar-refractivity contribution in [2.75, 3.05) is 18.1 Å². The highest BCUT2D eigenvalue weighted by Crippen LogP contribution is 2.22. The third-order valence-electron chi connectivity index (χ3n) is 3.15. The van der Waals surface area contributed by atoms with E-state index >= 15 is 0 Å². The molecule has 1 amide bonds. The quantitative estimate of drug-likeness (QED) is 0.910. The van der Waals surface area contributed by atoms with Crippen molar-refractivity contribution in [3.05, 3.63) is 34.9 Å². The van der Waals surface area contributed by atoms with Gasteiger partial charge in [-0.15, -0.1) is 0 Å².